The Kier molecular flexibility index (Phi) is 3.79. The lowest BCUT2D eigenvalue weighted by molar-refractivity contribution is 0.475. The van der Waals surface area contributed by atoms with Crippen molar-refractivity contribution in [1.29, 1.82) is 0 Å². The summed E-state index contributed by atoms with van der Waals surface area (Å²) in [6.07, 6.45) is 0. The highest BCUT2D eigenvalue weighted by Crippen LogP contribution is 2.27. The average molecular weight is 361 g/mol. The average Bonchev–Trinajstić information content (AvgIpc) is 2.57. The van der Waals surface area contributed by atoms with Crippen molar-refractivity contribution in [1.82, 2.24) is 0 Å². The highest BCUT2D eigenvalue weighted by Gasteiger charge is 2.06. The van der Waals surface area contributed by atoms with Crippen LogP contribution in [0.2, 0.25) is 0 Å². The molecule has 0 radical (unpaired) electrons. The van der Waals surface area contributed by atoms with E-state index in [9.17, 15) is 5.11 Å². The molecule has 0 amide bonds. The van der Waals surface area contributed by atoms with E-state index in [0.29, 0.717) is 11.2 Å². The third kappa shape index (κ3) is 3.04. The number of phenols is 1. The number of anilines is 1. The first kappa shape index (κ1) is 12.5. The van der Waals surface area contributed by atoms with Gasteiger partial charge in [0.1, 0.15) is 11.5 Å². The van der Waals surface area contributed by atoms with Crippen molar-refractivity contribution in [3.05, 3.63) is 44.7 Å². The van der Waals surface area contributed by atoms with E-state index in [-0.39, 0.29) is 5.75 Å². The molecule has 0 bridgehead atoms. The monoisotopic (exact) mass is 359 g/mol. The first-order chi connectivity index (χ1) is 8.06. The molecule has 0 aliphatic heterocycles. The predicted molar refractivity (Wildman–Crippen MR) is 74.3 cm³/mol. The lowest BCUT2D eigenvalue weighted by Gasteiger charge is -2.08. The van der Waals surface area contributed by atoms with Crippen LogP contribution in [0.3, 0.4) is 0 Å². The molecule has 1 aromatic heterocycles. The summed E-state index contributed by atoms with van der Waals surface area (Å²) in [4.78, 5) is 0. The fourth-order valence-electron chi connectivity index (χ4n) is 1.51. The highest BCUT2D eigenvalue weighted by molar-refractivity contribution is 9.13. The number of furan rings is 1. The second-order valence-corrected chi connectivity index (χ2v) is 5.26. The van der Waals surface area contributed by atoms with Gasteiger partial charge in [-0.25, -0.2) is 0 Å². The largest absolute Gasteiger partial charge is 0.508 e. The van der Waals surface area contributed by atoms with Crippen molar-refractivity contribution in [2.75, 3.05) is 5.32 Å². The Hall–Kier alpha value is -0.940. The van der Waals surface area contributed by atoms with Crippen LogP contribution in [0.1, 0.15) is 11.3 Å². The van der Waals surface area contributed by atoms with Gasteiger partial charge in [-0.15, -0.1) is 0 Å². The van der Waals surface area contributed by atoms with E-state index in [1.165, 1.54) is 0 Å². The number of aryl methyl sites for hydroxylation is 1. The molecule has 0 spiro atoms. The van der Waals surface area contributed by atoms with E-state index in [0.717, 1.165) is 21.5 Å². The van der Waals surface area contributed by atoms with E-state index >= 15 is 0 Å². The molecular weight excluding hydrogens is 350 g/mol. The summed E-state index contributed by atoms with van der Waals surface area (Å²) in [5.41, 5.74) is 1.97. The Morgan fingerprint density at radius 3 is 2.65 bits per heavy atom. The zero-order chi connectivity index (χ0) is 12.4. The second-order valence-electron chi connectivity index (χ2n) is 3.69. The van der Waals surface area contributed by atoms with Crippen molar-refractivity contribution in [3.63, 3.8) is 0 Å². The number of rotatable bonds is 3. The molecule has 0 fully saturated rings. The van der Waals surface area contributed by atoms with Crippen LogP contribution in [0.5, 0.6) is 5.75 Å². The van der Waals surface area contributed by atoms with Crippen molar-refractivity contribution >= 4 is 37.5 Å². The smallest absolute Gasteiger partial charge is 0.183 e. The van der Waals surface area contributed by atoms with Crippen molar-refractivity contribution in [3.8, 4) is 5.75 Å². The van der Waals surface area contributed by atoms with Crippen LogP contribution < -0.4 is 5.32 Å². The highest BCUT2D eigenvalue weighted by atomic mass is 79.9. The van der Waals surface area contributed by atoms with E-state index < -0.39 is 0 Å². The summed E-state index contributed by atoms with van der Waals surface area (Å²) >= 11 is 6.66. The normalized spacial score (nSPS) is 10.5. The number of hydrogen-bond acceptors (Lipinski definition) is 3. The number of hydrogen-bond donors (Lipinski definition) is 2. The van der Waals surface area contributed by atoms with E-state index in [2.05, 4.69) is 37.2 Å². The molecule has 0 unspecified atom stereocenters. The lowest BCUT2D eigenvalue weighted by Crippen LogP contribution is -1.99. The van der Waals surface area contributed by atoms with Gasteiger partial charge in [-0.05, 0) is 68.6 Å². The molecule has 2 N–H and O–H groups in total. The van der Waals surface area contributed by atoms with E-state index in [1.54, 1.807) is 12.1 Å². The summed E-state index contributed by atoms with van der Waals surface area (Å²) in [6.45, 7) is 2.53. The maximum atomic E-state index is 9.30. The predicted octanol–water partition coefficient (Wildman–Crippen LogP) is 4.43. The molecule has 17 heavy (non-hydrogen) atoms. The van der Waals surface area contributed by atoms with E-state index in [1.807, 2.05) is 19.1 Å². The molecule has 2 aromatic rings. The Morgan fingerprint density at radius 2 is 2.06 bits per heavy atom. The molecule has 5 heteroatoms. The minimum atomic E-state index is 0.275. The first-order valence-electron chi connectivity index (χ1n) is 5.03. The summed E-state index contributed by atoms with van der Waals surface area (Å²) in [7, 11) is 0. The van der Waals surface area contributed by atoms with Crippen LogP contribution in [-0.4, -0.2) is 5.11 Å². The second kappa shape index (κ2) is 5.14. The maximum Gasteiger partial charge on any atom is 0.183 e. The molecule has 0 saturated heterocycles. The summed E-state index contributed by atoms with van der Waals surface area (Å²) in [5, 5.41) is 12.6. The van der Waals surface area contributed by atoms with Crippen LogP contribution in [0.25, 0.3) is 0 Å². The number of aromatic hydroxyl groups is 1. The van der Waals surface area contributed by atoms with Gasteiger partial charge in [0.25, 0.3) is 0 Å². The Morgan fingerprint density at radius 1 is 1.29 bits per heavy atom. The molecular formula is C12H11Br2NO2. The molecule has 0 aliphatic rings. The fourth-order valence-corrected chi connectivity index (χ4v) is 2.17. The molecule has 0 saturated carbocycles. The standard InChI is InChI=1S/C12H11Br2NO2/c1-7-4-8(16)2-3-11(7)15-6-9-5-10(13)12(14)17-9/h2-5,15-16H,6H2,1H3. The van der Waals surface area contributed by atoms with Crippen molar-refractivity contribution in [2.45, 2.75) is 13.5 Å². The molecule has 1 aromatic carbocycles. The number of nitrogens with one attached hydrogen (secondary N) is 1. The zero-order valence-electron chi connectivity index (χ0n) is 9.13. The van der Waals surface area contributed by atoms with Gasteiger partial charge in [0.05, 0.1) is 11.0 Å². The topological polar surface area (TPSA) is 45.4 Å². The van der Waals surface area contributed by atoms with Crippen molar-refractivity contribution < 1.29 is 9.52 Å². The third-order valence-corrected chi connectivity index (χ3v) is 4.07. The number of phenolic OH excluding ortho intramolecular Hbond substituents is 1. The van der Waals surface area contributed by atoms with Crippen LogP contribution in [0, 0.1) is 6.92 Å². The molecule has 3 nitrogen and oxygen atoms in total. The van der Waals surface area contributed by atoms with E-state index in [4.69, 9.17) is 4.42 Å². The van der Waals surface area contributed by atoms with Gasteiger partial charge >= 0.3 is 0 Å². The van der Waals surface area contributed by atoms with Gasteiger partial charge in [-0.2, -0.15) is 0 Å². The van der Waals surface area contributed by atoms with Gasteiger partial charge in [0.15, 0.2) is 4.67 Å². The Labute approximate surface area is 116 Å². The van der Waals surface area contributed by atoms with Gasteiger partial charge in [-0.1, -0.05) is 0 Å². The molecule has 1 heterocycles. The minimum absolute atomic E-state index is 0.275. The third-order valence-electron chi connectivity index (χ3n) is 2.36. The molecule has 2 rings (SSSR count). The molecule has 0 atom stereocenters. The maximum absolute atomic E-state index is 9.30. The van der Waals surface area contributed by atoms with Crippen LogP contribution in [-0.2, 0) is 6.54 Å². The van der Waals surface area contributed by atoms with Crippen LogP contribution >= 0.6 is 31.9 Å². The minimum Gasteiger partial charge on any atom is -0.508 e. The number of benzene rings is 1. The van der Waals surface area contributed by atoms with Crippen LogP contribution in [0.4, 0.5) is 5.69 Å². The number of halogens is 2. The van der Waals surface area contributed by atoms with Gasteiger partial charge in [-0.3, -0.25) is 0 Å². The molecule has 90 valence electrons. The van der Waals surface area contributed by atoms with Crippen LogP contribution in [0.15, 0.2) is 37.8 Å². The van der Waals surface area contributed by atoms with Gasteiger partial charge in [0.2, 0.25) is 0 Å². The lowest BCUT2D eigenvalue weighted by atomic mass is 10.2. The summed E-state index contributed by atoms with van der Waals surface area (Å²) in [5.74, 6) is 1.10. The molecule has 0 aliphatic carbocycles. The Balaban J connectivity index is 2.07. The van der Waals surface area contributed by atoms with Gasteiger partial charge < -0.3 is 14.8 Å². The Bertz CT molecular complexity index is 518. The zero-order valence-corrected chi connectivity index (χ0v) is 12.3. The van der Waals surface area contributed by atoms with Crippen molar-refractivity contribution in [2.24, 2.45) is 0 Å². The summed E-state index contributed by atoms with van der Waals surface area (Å²) < 4.78 is 7.05. The fraction of sp³-hybridized carbons (Fsp3) is 0.167. The summed E-state index contributed by atoms with van der Waals surface area (Å²) in [6, 6.07) is 7.13. The SMILES string of the molecule is Cc1cc(O)ccc1NCc1cc(Br)c(Br)o1. The quantitative estimate of drug-likeness (QED) is 0.796. The van der Waals surface area contributed by atoms with Gasteiger partial charge in [0, 0.05) is 5.69 Å². The first-order valence-corrected chi connectivity index (χ1v) is 6.62.